The van der Waals surface area contributed by atoms with Crippen molar-refractivity contribution < 1.29 is 0 Å². The minimum atomic E-state index is 0. The number of aliphatic imine (C=N–C) groups is 1. The van der Waals surface area contributed by atoms with E-state index < -0.39 is 0 Å². The molecule has 21 heavy (non-hydrogen) atoms. The van der Waals surface area contributed by atoms with Gasteiger partial charge in [-0.3, -0.25) is 9.89 Å². The average molecular weight is 402 g/mol. The molecular weight excluding hydrogens is 375 g/mol. The molecule has 0 amide bonds. The third-order valence-electron chi connectivity index (χ3n) is 4.04. The van der Waals surface area contributed by atoms with Gasteiger partial charge in [0.25, 0.3) is 0 Å². The molecule has 2 unspecified atom stereocenters. The van der Waals surface area contributed by atoms with Crippen LogP contribution in [0.3, 0.4) is 0 Å². The van der Waals surface area contributed by atoms with E-state index in [0.29, 0.717) is 12.1 Å². The standard InChI is InChI=1S/C16H26N4.HI/c1-13-11-15(19-16(17-2)18-3)9-10-20(13)12-14-7-5-4-6-8-14;/h4-8,13,15H,9-12H2,1-3H3,(H2,17,18,19);1H. The summed E-state index contributed by atoms with van der Waals surface area (Å²) in [5.41, 5.74) is 1.40. The fourth-order valence-corrected chi connectivity index (χ4v) is 2.85. The Bertz CT molecular complexity index is 435. The van der Waals surface area contributed by atoms with Crippen molar-refractivity contribution in [2.45, 2.75) is 38.4 Å². The molecule has 0 bridgehead atoms. The number of hydrogen-bond donors (Lipinski definition) is 2. The first-order chi connectivity index (χ1) is 9.72. The molecule has 1 aromatic rings. The smallest absolute Gasteiger partial charge is 0.190 e. The molecular formula is C16H27IN4. The molecule has 2 N–H and O–H groups in total. The predicted molar refractivity (Wildman–Crippen MR) is 100 cm³/mol. The van der Waals surface area contributed by atoms with Gasteiger partial charge in [0.1, 0.15) is 0 Å². The molecule has 1 fully saturated rings. The number of nitrogens with zero attached hydrogens (tertiary/aromatic N) is 2. The lowest BCUT2D eigenvalue weighted by atomic mass is 9.97. The predicted octanol–water partition coefficient (Wildman–Crippen LogP) is 2.45. The largest absolute Gasteiger partial charge is 0.359 e. The molecule has 1 aromatic carbocycles. The maximum Gasteiger partial charge on any atom is 0.190 e. The lowest BCUT2D eigenvalue weighted by Gasteiger charge is -2.38. The summed E-state index contributed by atoms with van der Waals surface area (Å²) in [6.45, 7) is 4.50. The Morgan fingerprint density at radius 1 is 1.33 bits per heavy atom. The van der Waals surface area contributed by atoms with Crippen LogP contribution in [0.5, 0.6) is 0 Å². The second-order valence-electron chi connectivity index (χ2n) is 5.49. The van der Waals surface area contributed by atoms with E-state index in [1.54, 1.807) is 0 Å². The molecule has 2 atom stereocenters. The zero-order valence-corrected chi connectivity index (χ0v) is 15.5. The summed E-state index contributed by atoms with van der Waals surface area (Å²) < 4.78 is 0. The second kappa shape index (κ2) is 9.25. The second-order valence-corrected chi connectivity index (χ2v) is 5.49. The van der Waals surface area contributed by atoms with E-state index in [9.17, 15) is 0 Å². The van der Waals surface area contributed by atoms with Gasteiger partial charge in [0.15, 0.2) is 5.96 Å². The van der Waals surface area contributed by atoms with Gasteiger partial charge >= 0.3 is 0 Å². The summed E-state index contributed by atoms with van der Waals surface area (Å²) in [5, 5.41) is 6.57. The van der Waals surface area contributed by atoms with E-state index in [4.69, 9.17) is 0 Å². The van der Waals surface area contributed by atoms with Crippen LogP contribution >= 0.6 is 24.0 Å². The Morgan fingerprint density at radius 2 is 2.05 bits per heavy atom. The van der Waals surface area contributed by atoms with Crippen LogP contribution < -0.4 is 10.6 Å². The van der Waals surface area contributed by atoms with E-state index in [0.717, 1.165) is 31.9 Å². The molecule has 1 heterocycles. The van der Waals surface area contributed by atoms with Crippen molar-refractivity contribution >= 4 is 29.9 Å². The van der Waals surface area contributed by atoms with Crippen LogP contribution in [-0.4, -0.2) is 43.6 Å². The van der Waals surface area contributed by atoms with Crippen molar-refractivity contribution in [3.63, 3.8) is 0 Å². The van der Waals surface area contributed by atoms with Gasteiger partial charge in [-0.25, -0.2) is 0 Å². The van der Waals surface area contributed by atoms with Gasteiger partial charge in [0.2, 0.25) is 0 Å². The molecule has 4 nitrogen and oxygen atoms in total. The number of hydrogen-bond acceptors (Lipinski definition) is 2. The normalized spacial score (nSPS) is 23.3. The number of rotatable bonds is 3. The van der Waals surface area contributed by atoms with E-state index in [1.165, 1.54) is 5.56 Å². The van der Waals surface area contributed by atoms with E-state index in [1.807, 2.05) is 14.1 Å². The monoisotopic (exact) mass is 402 g/mol. The summed E-state index contributed by atoms with van der Waals surface area (Å²) in [6, 6.07) is 11.8. The molecule has 118 valence electrons. The van der Waals surface area contributed by atoms with E-state index >= 15 is 0 Å². The fourth-order valence-electron chi connectivity index (χ4n) is 2.85. The number of piperidine rings is 1. The van der Waals surface area contributed by atoms with Crippen molar-refractivity contribution in [2.75, 3.05) is 20.6 Å². The number of benzene rings is 1. The fraction of sp³-hybridized carbons (Fsp3) is 0.562. The van der Waals surface area contributed by atoms with Crippen molar-refractivity contribution in [3.8, 4) is 0 Å². The molecule has 0 saturated carbocycles. The summed E-state index contributed by atoms with van der Waals surface area (Å²) >= 11 is 0. The molecule has 1 saturated heterocycles. The number of nitrogens with one attached hydrogen (secondary N) is 2. The highest BCUT2D eigenvalue weighted by atomic mass is 127. The Hall–Kier alpha value is -0.820. The zero-order valence-electron chi connectivity index (χ0n) is 13.2. The third-order valence-corrected chi connectivity index (χ3v) is 4.04. The lowest BCUT2D eigenvalue weighted by Crippen LogP contribution is -2.50. The molecule has 5 heteroatoms. The van der Waals surface area contributed by atoms with Gasteiger partial charge in [-0.2, -0.15) is 0 Å². The molecule has 1 aliphatic heterocycles. The summed E-state index contributed by atoms with van der Waals surface area (Å²) in [7, 11) is 3.72. The van der Waals surface area contributed by atoms with Gasteiger partial charge in [-0.1, -0.05) is 30.3 Å². The van der Waals surface area contributed by atoms with Crippen LogP contribution in [0.15, 0.2) is 35.3 Å². The van der Waals surface area contributed by atoms with Crippen molar-refractivity contribution in [2.24, 2.45) is 4.99 Å². The Balaban J connectivity index is 0.00000220. The third kappa shape index (κ3) is 5.47. The molecule has 0 spiro atoms. The Labute approximate surface area is 145 Å². The number of guanidine groups is 1. The maximum atomic E-state index is 4.19. The first-order valence-electron chi connectivity index (χ1n) is 7.42. The van der Waals surface area contributed by atoms with Crippen LogP contribution in [0.1, 0.15) is 25.3 Å². The van der Waals surface area contributed by atoms with Crippen LogP contribution in [0.2, 0.25) is 0 Å². The minimum Gasteiger partial charge on any atom is -0.359 e. The van der Waals surface area contributed by atoms with Gasteiger partial charge in [-0.15, -0.1) is 24.0 Å². The van der Waals surface area contributed by atoms with Gasteiger partial charge in [0.05, 0.1) is 0 Å². The van der Waals surface area contributed by atoms with Crippen molar-refractivity contribution in [3.05, 3.63) is 35.9 Å². The minimum absolute atomic E-state index is 0. The molecule has 0 aliphatic carbocycles. The highest BCUT2D eigenvalue weighted by molar-refractivity contribution is 14.0. The summed E-state index contributed by atoms with van der Waals surface area (Å²) in [4.78, 5) is 6.76. The zero-order chi connectivity index (χ0) is 14.4. The first-order valence-corrected chi connectivity index (χ1v) is 7.42. The average Bonchev–Trinajstić information content (AvgIpc) is 2.48. The molecule has 0 aromatic heterocycles. The first kappa shape index (κ1) is 18.2. The van der Waals surface area contributed by atoms with Crippen LogP contribution in [0.25, 0.3) is 0 Å². The number of likely N-dealkylation sites (tertiary alicyclic amines) is 1. The van der Waals surface area contributed by atoms with Crippen LogP contribution in [-0.2, 0) is 6.54 Å². The Morgan fingerprint density at radius 3 is 2.62 bits per heavy atom. The number of halogens is 1. The Kier molecular flexibility index (Phi) is 8.03. The van der Waals surface area contributed by atoms with Gasteiger partial charge < -0.3 is 10.6 Å². The summed E-state index contributed by atoms with van der Waals surface area (Å²) in [5.74, 6) is 0.888. The quantitative estimate of drug-likeness (QED) is 0.464. The van der Waals surface area contributed by atoms with E-state index in [2.05, 4.69) is 57.8 Å². The highest BCUT2D eigenvalue weighted by Crippen LogP contribution is 2.19. The lowest BCUT2D eigenvalue weighted by molar-refractivity contribution is 0.134. The highest BCUT2D eigenvalue weighted by Gasteiger charge is 2.25. The molecule has 2 rings (SSSR count). The van der Waals surface area contributed by atoms with Crippen LogP contribution in [0, 0.1) is 0 Å². The van der Waals surface area contributed by atoms with Crippen molar-refractivity contribution in [1.82, 2.24) is 15.5 Å². The van der Waals surface area contributed by atoms with Crippen molar-refractivity contribution in [1.29, 1.82) is 0 Å². The van der Waals surface area contributed by atoms with Gasteiger partial charge in [0, 0.05) is 39.3 Å². The molecule has 1 aliphatic rings. The van der Waals surface area contributed by atoms with Crippen LogP contribution in [0.4, 0.5) is 0 Å². The summed E-state index contributed by atoms with van der Waals surface area (Å²) in [6.07, 6.45) is 2.32. The van der Waals surface area contributed by atoms with E-state index in [-0.39, 0.29) is 24.0 Å². The topological polar surface area (TPSA) is 39.7 Å². The maximum absolute atomic E-state index is 4.19. The SMILES string of the molecule is CN=C(NC)NC1CCN(Cc2ccccc2)C(C)C1.I. The van der Waals surface area contributed by atoms with Gasteiger partial charge in [-0.05, 0) is 25.3 Å². The molecule has 0 radical (unpaired) electrons.